The Morgan fingerprint density at radius 3 is 2.71 bits per heavy atom. The van der Waals surface area contributed by atoms with Crippen LogP contribution >= 0.6 is 0 Å². The molecule has 2 rings (SSSR count). The minimum absolute atomic E-state index is 0.0507. The first-order valence-corrected chi connectivity index (χ1v) is 6.69. The van der Waals surface area contributed by atoms with Gasteiger partial charge < -0.3 is 15.3 Å². The summed E-state index contributed by atoms with van der Waals surface area (Å²) in [6, 6.07) is 7.39. The summed E-state index contributed by atoms with van der Waals surface area (Å²) in [4.78, 5) is 17.2. The van der Waals surface area contributed by atoms with Crippen LogP contribution in [-0.2, 0) is 0 Å². The zero-order valence-corrected chi connectivity index (χ0v) is 12.1. The number of carbonyl (C=O) groups is 1. The van der Waals surface area contributed by atoms with Crippen LogP contribution in [0.25, 0.3) is 5.69 Å². The molecule has 2 aromatic rings. The van der Waals surface area contributed by atoms with Gasteiger partial charge in [-0.15, -0.1) is 0 Å². The molecule has 1 aromatic carbocycles. The van der Waals surface area contributed by atoms with Crippen LogP contribution in [0.2, 0.25) is 0 Å². The van der Waals surface area contributed by atoms with Gasteiger partial charge in [0.25, 0.3) is 0 Å². The maximum Gasteiger partial charge on any atom is 0.317 e. The molecule has 1 atom stereocenters. The summed E-state index contributed by atoms with van der Waals surface area (Å²) in [5.74, 6) is 0. The number of aliphatic hydroxyl groups is 1. The molecule has 1 aromatic heterocycles. The van der Waals surface area contributed by atoms with Crippen molar-refractivity contribution in [3.8, 4) is 5.69 Å². The number of carbonyl (C=O) groups excluding carboxylic acids is 1. The molecule has 0 radical (unpaired) electrons. The highest BCUT2D eigenvalue weighted by molar-refractivity contribution is 5.74. The van der Waals surface area contributed by atoms with Crippen molar-refractivity contribution in [3.05, 3.63) is 42.5 Å². The molecule has 0 saturated carbocycles. The standard InChI is InChI=1S/C14H19N5O2/c1-11(17-14(21)18(2)7-8-20)12-3-5-13(6-4-12)19-10-15-9-16-19/h3-6,9-11,20H,7-8H2,1-2H3,(H,17,21). The van der Waals surface area contributed by atoms with Gasteiger partial charge in [0, 0.05) is 13.6 Å². The van der Waals surface area contributed by atoms with Crippen LogP contribution in [0.4, 0.5) is 4.79 Å². The zero-order valence-electron chi connectivity index (χ0n) is 12.1. The highest BCUT2D eigenvalue weighted by Gasteiger charge is 2.12. The fourth-order valence-electron chi connectivity index (χ4n) is 1.89. The maximum atomic E-state index is 11.9. The number of hydrogen-bond donors (Lipinski definition) is 2. The SMILES string of the molecule is CC(NC(=O)N(C)CCO)c1ccc(-n2cncn2)cc1. The summed E-state index contributed by atoms with van der Waals surface area (Å²) in [5, 5.41) is 15.8. The highest BCUT2D eigenvalue weighted by atomic mass is 16.3. The number of likely N-dealkylation sites (N-methyl/N-ethyl adjacent to an activating group) is 1. The molecule has 7 heteroatoms. The monoisotopic (exact) mass is 289 g/mol. The fraction of sp³-hybridized carbons (Fsp3) is 0.357. The van der Waals surface area contributed by atoms with Crippen molar-refractivity contribution in [3.63, 3.8) is 0 Å². The quantitative estimate of drug-likeness (QED) is 0.859. The minimum atomic E-state index is -0.211. The van der Waals surface area contributed by atoms with E-state index < -0.39 is 0 Å². The fourth-order valence-corrected chi connectivity index (χ4v) is 1.89. The van der Waals surface area contributed by atoms with Gasteiger partial charge in [0.05, 0.1) is 18.3 Å². The van der Waals surface area contributed by atoms with Gasteiger partial charge in [-0.2, -0.15) is 5.10 Å². The number of hydrogen-bond acceptors (Lipinski definition) is 4. The average Bonchev–Trinajstić information content (AvgIpc) is 3.01. The van der Waals surface area contributed by atoms with E-state index in [4.69, 9.17) is 5.11 Å². The number of urea groups is 1. The number of aliphatic hydroxyl groups excluding tert-OH is 1. The van der Waals surface area contributed by atoms with Gasteiger partial charge >= 0.3 is 6.03 Å². The van der Waals surface area contributed by atoms with Gasteiger partial charge in [0.2, 0.25) is 0 Å². The average molecular weight is 289 g/mol. The third kappa shape index (κ3) is 3.79. The van der Waals surface area contributed by atoms with Gasteiger partial charge in [0.15, 0.2) is 0 Å². The van der Waals surface area contributed by atoms with E-state index in [2.05, 4.69) is 15.4 Å². The maximum absolute atomic E-state index is 11.9. The van der Waals surface area contributed by atoms with Crippen LogP contribution < -0.4 is 5.32 Å². The molecule has 0 aliphatic heterocycles. The normalized spacial score (nSPS) is 12.0. The smallest absolute Gasteiger partial charge is 0.317 e. The Labute approximate surface area is 123 Å². The van der Waals surface area contributed by atoms with E-state index in [0.29, 0.717) is 6.54 Å². The van der Waals surface area contributed by atoms with E-state index in [1.807, 2.05) is 31.2 Å². The first-order chi connectivity index (χ1) is 10.1. The summed E-state index contributed by atoms with van der Waals surface area (Å²) in [6.07, 6.45) is 3.11. The largest absolute Gasteiger partial charge is 0.395 e. The predicted octanol–water partition coefficient (Wildman–Crippen LogP) is 0.962. The van der Waals surface area contributed by atoms with Crippen LogP contribution in [-0.4, -0.2) is 51.0 Å². The molecule has 1 heterocycles. The Hall–Kier alpha value is -2.41. The lowest BCUT2D eigenvalue weighted by atomic mass is 10.1. The molecular weight excluding hydrogens is 270 g/mol. The van der Waals surface area contributed by atoms with Crippen LogP contribution in [0.1, 0.15) is 18.5 Å². The second kappa shape index (κ2) is 6.85. The molecule has 0 spiro atoms. The molecule has 2 N–H and O–H groups in total. The highest BCUT2D eigenvalue weighted by Crippen LogP contribution is 2.15. The number of nitrogens with one attached hydrogen (secondary N) is 1. The van der Waals surface area contributed by atoms with Crippen molar-refractivity contribution in [2.24, 2.45) is 0 Å². The van der Waals surface area contributed by atoms with Crippen molar-refractivity contribution in [2.75, 3.05) is 20.2 Å². The van der Waals surface area contributed by atoms with Crippen molar-refractivity contribution in [1.82, 2.24) is 25.0 Å². The summed E-state index contributed by atoms with van der Waals surface area (Å²) < 4.78 is 1.67. The molecule has 2 amide bonds. The molecule has 7 nitrogen and oxygen atoms in total. The van der Waals surface area contributed by atoms with Crippen molar-refractivity contribution >= 4 is 6.03 Å². The third-order valence-corrected chi connectivity index (χ3v) is 3.20. The van der Waals surface area contributed by atoms with Crippen LogP contribution in [0.5, 0.6) is 0 Å². The molecule has 0 saturated heterocycles. The van der Waals surface area contributed by atoms with Gasteiger partial charge in [-0.05, 0) is 24.6 Å². The Kier molecular flexibility index (Phi) is 4.89. The minimum Gasteiger partial charge on any atom is -0.395 e. The molecule has 0 aliphatic carbocycles. The second-order valence-electron chi connectivity index (χ2n) is 4.75. The summed E-state index contributed by atoms with van der Waals surface area (Å²) in [7, 11) is 1.64. The second-order valence-corrected chi connectivity index (χ2v) is 4.75. The van der Waals surface area contributed by atoms with E-state index in [1.54, 1.807) is 18.1 Å². The third-order valence-electron chi connectivity index (χ3n) is 3.20. The lowest BCUT2D eigenvalue weighted by molar-refractivity contribution is 0.188. The van der Waals surface area contributed by atoms with E-state index >= 15 is 0 Å². The van der Waals surface area contributed by atoms with Crippen molar-refractivity contribution < 1.29 is 9.90 Å². The van der Waals surface area contributed by atoms with Gasteiger partial charge in [-0.3, -0.25) is 0 Å². The number of amides is 2. The zero-order chi connectivity index (χ0) is 15.2. The number of rotatable bonds is 5. The molecule has 112 valence electrons. The lowest BCUT2D eigenvalue weighted by Crippen LogP contribution is -2.39. The molecule has 1 unspecified atom stereocenters. The Morgan fingerprint density at radius 1 is 1.43 bits per heavy atom. The molecule has 0 aliphatic rings. The summed E-state index contributed by atoms with van der Waals surface area (Å²) >= 11 is 0. The van der Waals surface area contributed by atoms with Crippen LogP contribution in [0, 0.1) is 0 Å². The molecule has 21 heavy (non-hydrogen) atoms. The number of benzene rings is 1. The topological polar surface area (TPSA) is 83.3 Å². The van der Waals surface area contributed by atoms with E-state index in [0.717, 1.165) is 11.3 Å². The Bertz CT molecular complexity index is 568. The van der Waals surface area contributed by atoms with Crippen LogP contribution in [0.3, 0.4) is 0 Å². The number of aromatic nitrogens is 3. The first kappa shape index (κ1) is 15.0. The summed E-state index contributed by atoms with van der Waals surface area (Å²) in [5.41, 5.74) is 1.90. The van der Waals surface area contributed by atoms with Crippen molar-refractivity contribution in [1.29, 1.82) is 0 Å². The lowest BCUT2D eigenvalue weighted by Gasteiger charge is -2.21. The van der Waals surface area contributed by atoms with Gasteiger partial charge in [-0.25, -0.2) is 14.5 Å². The van der Waals surface area contributed by atoms with Gasteiger partial charge in [-0.1, -0.05) is 12.1 Å². The van der Waals surface area contributed by atoms with Crippen molar-refractivity contribution in [2.45, 2.75) is 13.0 Å². The molecule has 0 fully saturated rings. The van der Waals surface area contributed by atoms with E-state index in [-0.39, 0.29) is 18.7 Å². The van der Waals surface area contributed by atoms with Crippen LogP contribution in [0.15, 0.2) is 36.9 Å². The van der Waals surface area contributed by atoms with Gasteiger partial charge in [0.1, 0.15) is 12.7 Å². The van der Waals surface area contributed by atoms with E-state index in [9.17, 15) is 4.79 Å². The van der Waals surface area contributed by atoms with E-state index in [1.165, 1.54) is 11.2 Å². The molecule has 0 bridgehead atoms. The first-order valence-electron chi connectivity index (χ1n) is 6.69. The number of nitrogens with zero attached hydrogens (tertiary/aromatic N) is 4. The summed E-state index contributed by atoms with van der Waals surface area (Å²) in [6.45, 7) is 2.17. The predicted molar refractivity (Wildman–Crippen MR) is 78.0 cm³/mol. The Balaban J connectivity index is 2.00. The Morgan fingerprint density at radius 2 is 2.14 bits per heavy atom. The molecular formula is C14H19N5O2.